The van der Waals surface area contributed by atoms with Gasteiger partial charge in [0.05, 0.1) is 6.10 Å². The molecule has 2 aliphatic rings. The smallest absolute Gasteiger partial charge is 0.0710 e. The number of hydrogen-bond acceptors (Lipinski definition) is 3. The molecule has 0 spiro atoms. The van der Waals surface area contributed by atoms with Gasteiger partial charge in [0.25, 0.3) is 0 Å². The lowest BCUT2D eigenvalue weighted by Crippen LogP contribution is -2.55. The molecule has 1 saturated carbocycles. The summed E-state index contributed by atoms with van der Waals surface area (Å²) in [6, 6.07) is 1.36. The van der Waals surface area contributed by atoms with Gasteiger partial charge in [-0.2, -0.15) is 0 Å². The number of likely N-dealkylation sites (N-methyl/N-ethyl adjacent to an activating group) is 1. The Kier molecular flexibility index (Phi) is 4.45. The summed E-state index contributed by atoms with van der Waals surface area (Å²) in [5, 5.41) is 3.54. The average molecular weight is 240 g/mol. The maximum Gasteiger partial charge on any atom is 0.0710 e. The van der Waals surface area contributed by atoms with Crippen LogP contribution in [0.5, 0.6) is 0 Å². The van der Waals surface area contributed by atoms with Gasteiger partial charge in [0.2, 0.25) is 0 Å². The molecule has 1 heterocycles. The van der Waals surface area contributed by atoms with Gasteiger partial charge in [-0.05, 0) is 38.1 Å². The van der Waals surface area contributed by atoms with Crippen LogP contribution in [0, 0.1) is 11.8 Å². The zero-order valence-corrected chi connectivity index (χ0v) is 11.8. The predicted octanol–water partition coefficient (Wildman–Crippen LogP) is 1.73. The molecule has 3 heteroatoms. The molecule has 0 aromatic heterocycles. The third kappa shape index (κ3) is 2.83. The molecule has 1 aliphatic heterocycles. The van der Waals surface area contributed by atoms with Gasteiger partial charge in [0.15, 0.2) is 0 Å². The van der Waals surface area contributed by atoms with E-state index in [0.29, 0.717) is 18.2 Å². The van der Waals surface area contributed by atoms with E-state index >= 15 is 0 Å². The van der Waals surface area contributed by atoms with Gasteiger partial charge in [-0.15, -0.1) is 0 Å². The van der Waals surface area contributed by atoms with Crippen LogP contribution in [-0.4, -0.2) is 50.3 Å². The fourth-order valence-corrected chi connectivity index (χ4v) is 3.96. The summed E-state index contributed by atoms with van der Waals surface area (Å²) in [7, 11) is 3.96. The van der Waals surface area contributed by atoms with Crippen LogP contribution < -0.4 is 5.32 Å². The zero-order chi connectivity index (χ0) is 12.4. The fraction of sp³-hybridized carbons (Fsp3) is 1.00. The molecular weight excluding hydrogens is 212 g/mol. The molecule has 1 saturated heterocycles. The van der Waals surface area contributed by atoms with Gasteiger partial charge in [-0.1, -0.05) is 13.8 Å². The average Bonchev–Trinajstić information content (AvgIpc) is 2.76. The molecule has 5 atom stereocenters. The Bertz CT molecular complexity index is 246. The van der Waals surface area contributed by atoms with Crippen molar-refractivity contribution in [3.05, 3.63) is 0 Å². The quantitative estimate of drug-likeness (QED) is 0.813. The van der Waals surface area contributed by atoms with Crippen molar-refractivity contribution >= 4 is 0 Å². The minimum atomic E-state index is 0.457. The van der Waals surface area contributed by atoms with Crippen molar-refractivity contribution in [2.24, 2.45) is 11.8 Å². The molecule has 2 rings (SSSR count). The van der Waals surface area contributed by atoms with Gasteiger partial charge in [-0.25, -0.2) is 0 Å². The van der Waals surface area contributed by atoms with Crippen LogP contribution in [0.2, 0.25) is 0 Å². The highest BCUT2D eigenvalue weighted by Crippen LogP contribution is 2.34. The Balaban J connectivity index is 2.02. The standard InChI is InChI=1S/C14H28N2O/c1-10-7-11(2)14(13(8-10)15-3)16-6-5-12(9-16)17-4/h10-15H,5-9H2,1-4H3. The summed E-state index contributed by atoms with van der Waals surface area (Å²) >= 11 is 0. The monoisotopic (exact) mass is 240 g/mol. The number of methoxy groups -OCH3 is 1. The maximum atomic E-state index is 5.50. The van der Waals surface area contributed by atoms with Crippen LogP contribution in [0.15, 0.2) is 0 Å². The van der Waals surface area contributed by atoms with E-state index in [9.17, 15) is 0 Å². The van der Waals surface area contributed by atoms with E-state index in [1.165, 1.54) is 25.8 Å². The molecule has 1 N–H and O–H groups in total. The van der Waals surface area contributed by atoms with Gasteiger partial charge in [-0.3, -0.25) is 4.90 Å². The van der Waals surface area contributed by atoms with Gasteiger partial charge in [0, 0.05) is 32.3 Å². The predicted molar refractivity (Wildman–Crippen MR) is 71.2 cm³/mol. The first kappa shape index (κ1) is 13.3. The van der Waals surface area contributed by atoms with E-state index < -0.39 is 0 Å². The second-order valence-corrected chi connectivity index (χ2v) is 6.08. The second-order valence-electron chi connectivity index (χ2n) is 6.08. The van der Waals surface area contributed by atoms with Crippen molar-refractivity contribution in [1.29, 1.82) is 0 Å². The van der Waals surface area contributed by atoms with E-state index in [4.69, 9.17) is 4.74 Å². The number of ether oxygens (including phenoxy) is 1. The molecule has 100 valence electrons. The van der Waals surface area contributed by atoms with E-state index in [0.717, 1.165) is 18.4 Å². The molecule has 0 amide bonds. The lowest BCUT2D eigenvalue weighted by molar-refractivity contribution is 0.0577. The molecule has 2 fully saturated rings. The Morgan fingerprint density at radius 2 is 2.00 bits per heavy atom. The van der Waals surface area contributed by atoms with Crippen LogP contribution in [0.3, 0.4) is 0 Å². The summed E-state index contributed by atoms with van der Waals surface area (Å²) in [6.45, 7) is 7.14. The number of rotatable bonds is 3. The third-order valence-corrected chi connectivity index (χ3v) is 4.73. The SMILES string of the molecule is CNC1CC(C)CC(C)C1N1CCC(OC)C1. The third-order valence-electron chi connectivity index (χ3n) is 4.73. The van der Waals surface area contributed by atoms with Gasteiger partial charge < -0.3 is 10.1 Å². The molecule has 0 aromatic rings. The first-order valence-corrected chi connectivity index (χ1v) is 7.09. The van der Waals surface area contributed by atoms with E-state index in [2.05, 4.69) is 31.1 Å². The van der Waals surface area contributed by atoms with Crippen molar-refractivity contribution in [1.82, 2.24) is 10.2 Å². The molecule has 0 radical (unpaired) electrons. The van der Waals surface area contributed by atoms with Crippen LogP contribution in [0.25, 0.3) is 0 Å². The van der Waals surface area contributed by atoms with Crippen LogP contribution in [-0.2, 0) is 4.74 Å². The Labute approximate surface area is 106 Å². The van der Waals surface area contributed by atoms with E-state index in [1.54, 1.807) is 0 Å². The molecule has 1 aliphatic carbocycles. The lowest BCUT2D eigenvalue weighted by Gasteiger charge is -2.44. The van der Waals surface area contributed by atoms with Crippen molar-refractivity contribution in [3.63, 3.8) is 0 Å². The number of nitrogens with one attached hydrogen (secondary N) is 1. The largest absolute Gasteiger partial charge is 0.380 e. The molecule has 3 nitrogen and oxygen atoms in total. The highest BCUT2D eigenvalue weighted by Gasteiger charge is 2.39. The van der Waals surface area contributed by atoms with Gasteiger partial charge in [0.1, 0.15) is 0 Å². The van der Waals surface area contributed by atoms with Crippen LogP contribution >= 0.6 is 0 Å². The number of nitrogens with zero attached hydrogens (tertiary/aromatic N) is 1. The van der Waals surface area contributed by atoms with Gasteiger partial charge >= 0.3 is 0 Å². The minimum absolute atomic E-state index is 0.457. The summed E-state index contributed by atoms with van der Waals surface area (Å²) in [6.07, 6.45) is 4.35. The maximum absolute atomic E-state index is 5.50. The first-order chi connectivity index (χ1) is 8.15. The van der Waals surface area contributed by atoms with Crippen molar-refractivity contribution in [3.8, 4) is 0 Å². The van der Waals surface area contributed by atoms with Crippen LogP contribution in [0.1, 0.15) is 33.1 Å². The van der Waals surface area contributed by atoms with Crippen molar-refractivity contribution in [2.75, 3.05) is 27.2 Å². The molecular formula is C14H28N2O. The van der Waals surface area contributed by atoms with Crippen LogP contribution in [0.4, 0.5) is 0 Å². The molecule has 17 heavy (non-hydrogen) atoms. The topological polar surface area (TPSA) is 24.5 Å². The molecule has 0 aromatic carbocycles. The zero-order valence-electron chi connectivity index (χ0n) is 11.8. The Hall–Kier alpha value is -0.120. The van der Waals surface area contributed by atoms with Crippen molar-refractivity contribution < 1.29 is 4.74 Å². The summed E-state index contributed by atoms with van der Waals surface area (Å²) in [5.74, 6) is 1.66. The summed E-state index contributed by atoms with van der Waals surface area (Å²) in [5.41, 5.74) is 0. The summed E-state index contributed by atoms with van der Waals surface area (Å²) in [4.78, 5) is 2.66. The Morgan fingerprint density at radius 3 is 2.59 bits per heavy atom. The normalized spacial score (nSPS) is 44.1. The van der Waals surface area contributed by atoms with E-state index in [1.807, 2.05) is 7.11 Å². The number of likely N-dealkylation sites (tertiary alicyclic amines) is 1. The first-order valence-electron chi connectivity index (χ1n) is 7.09. The Morgan fingerprint density at radius 1 is 1.24 bits per heavy atom. The fourth-order valence-electron chi connectivity index (χ4n) is 3.96. The lowest BCUT2D eigenvalue weighted by atomic mass is 9.76. The summed E-state index contributed by atoms with van der Waals surface area (Å²) < 4.78 is 5.50. The second kappa shape index (κ2) is 5.68. The van der Waals surface area contributed by atoms with Crippen molar-refractivity contribution in [2.45, 2.75) is 51.3 Å². The van der Waals surface area contributed by atoms with E-state index in [-0.39, 0.29) is 0 Å². The highest BCUT2D eigenvalue weighted by atomic mass is 16.5. The minimum Gasteiger partial charge on any atom is -0.380 e. The number of hydrogen-bond donors (Lipinski definition) is 1. The molecule has 5 unspecified atom stereocenters. The molecule has 0 bridgehead atoms. The highest BCUT2D eigenvalue weighted by molar-refractivity contribution is 4.96.